The van der Waals surface area contributed by atoms with Crippen molar-refractivity contribution in [3.05, 3.63) is 42.5 Å². The number of hydrogen-bond donors (Lipinski definition) is 2. The van der Waals surface area contributed by atoms with Crippen LogP contribution in [0.1, 0.15) is 24.8 Å². The molecule has 1 aliphatic rings. The average molecular weight is 358 g/mol. The summed E-state index contributed by atoms with van der Waals surface area (Å²) in [6, 6.07) is 7.99. The molecule has 2 rings (SSSR count). The lowest BCUT2D eigenvalue weighted by molar-refractivity contribution is -0.121. The fraction of sp³-hybridized carbons (Fsp3) is 0.500. The predicted molar refractivity (Wildman–Crippen MR) is 105 cm³/mol. The molecule has 6 heteroatoms. The molecule has 1 aliphatic heterocycles. The molecular formula is C20H30N4O2. The second-order valence-electron chi connectivity index (χ2n) is 6.42. The van der Waals surface area contributed by atoms with E-state index in [1.54, 1.807) is 20.2 Å². The Balaban J connectivity index is 1.87. The van der Waals surface area contributed by atoms with Gasteiger partial charge in [0.2, 0.25) is 5.91 Å². The normalized spacial score (nSPS) is 15.5. The summed E-state index contributed by atoms with van der Waals surface area (Å²) in [6.07, 6.45) is 4.37. The van der Waals surface area contributed by atoms with E-state index in [1.807, 2.05) is 24.3 Å². The maximum atomic E-state index is 11.5. The van der Waals surface area contributed by atoms with Crippen LogP contribution in [0, 0.1) is 5.92 Å². The Morgan fingerprint density at radius 3 is 2.77 bits per heavy atom. The lowest BCUT2D eigenvalue weighted by Gasteiger charge is -2.34. The van der Waals surface area contributed by atoms with Crippen molar-refractivity contribution in [1.29, 1.82) is 0 Å². The van der Waals surface area contributed by atoms with Crippen molar-refractivity contribution < 1.29 is 9.53 Å². The van der Waals surface area contributed by atoms with Crippen LogP contribution in [-0.2, 0) is 11.3 Å². The molecule has 6 nitrogen and oxygen atoms in total. The Kier molecular flexibility index (Phi) is 7.99. The van der Waals surface area contributed by atoms with Gasteiger partial charge in [0.05, 0.1) is 0 Å². The van der Waals surface area contributed by atoms with E-state index in [2.05, 4.69) is 27.1 Å². The number of carbonyl (C=O) groups is 1. The second-order valence-corrected chi connectivity index (χ2v) is 6.42. The SMILES string of the molecule is C=CCOc1ccccc1CNC(=NC)N1CCC(CC(=O)NC)CC1. The van der Waals surface area contributed by atoms with Crippen LogP contribution in [-0.4, -0.2) is 50.6 Å². The first kappa shape index (κ1) is 19.8. The molecule has 0 saturated carbocycles. The van der Waals surface area contributed by atoms with Gasteiger partial charge in [-0.2, -0.15) is 0 Å². The van der Waals surface area contributed by atoms with Crippen LogP contribution in [0.3, 0.4) is 0 Å². The number of rotatable bonds is 7. The summed E-state index contributed by atoms with van der Waals surface area (Å²) >= 11 is 0. The number of guanidine groups is 1. The van der Waals surface area contributed by atoms with Gasteiger partial charge in [0.25, 0.3) is 0 Å². The van der Waals surface area contributed by atoms with Crippen molar-refractivity contribution in [2.45, 2.75) is 25.8 Å². The zero-order valence-electron chi connectivity index (χ0n) is 15.8. The van der Waals surface area contributed by atoms with Crippen LogP contribution < -0.4 is 15.4 Å². The van der Waals surface area contributed by atoms with E-state index in [0.29, 0.717) is 25.5 Å². The topological polar surface area (TPSA) is 66.0 Å². The van der Waals surface area contributed by atoms with Crippen molar-refractivity contribution in [2.24, 2.45) is 10.9 Å². The highest BCUT2D eigenvalue weighted by Crippen LogP contribution is 2.21. The Morgan fingerprint density at radius 1 is 1.38 bits per heavy atom. The number of likely N-dealkylation sites (tertiary alicyclic amines) is 1. The van der Waals surface area contributed by atoms with Crippen molar-refractivity contribution >= 4 is 11.9 Å². The van der Waals surface area contributed by atoms with Gasteiger partial charge in [0.15, 0.2) is 5.96 Å². The number of hydrogen-bond acceptors (Lipinski definition) is 3. The monoisotopic (exact) mass is 358 g/mol. The van der Waals surface area contributed by atoms with E-state index >= 15 is 0 Å². The van der Waals surface area contributed by atoms with Gasteiger partial charge < -0.3 is 20.3 Å². The van der Waals surface area contributed by atoms with Gasteiger partial charge in [-0.1, -0.05) is 30.9 Å². The van der Waals surface area contributed by atoms with Crippen LogP contribution in [0.25, 0.3) is 0 Å². The van der Waals surface area contributed by atoms with Gasteiger partial charge in [-0.3, -0.25) is 9.79 Å². The maximum absolute atomic E-state index is 11.5. The van der Waals surface area contributed by atoms with Crippen LogP contribution in [0.5, 0.6) is 5.75 Å². The van der Waals surface area contributed by atoms with Gasteiger partial charge in [-0.25, -0.2) is 0 Å². The fourth-order valence-electron chi connectivity index (χ4n) is 3.16. The molecule has 1 amide bonds. The Morgan fingerprint density at radius 2 is 2.12 bits per heavy atom. The van der Waals surface area contributed by atoms with E-state index in [0.717, 1.165) is 43.2 Å². The molecule has 0 unspecified atom stereocenters. The molecule has 142 valence electrons. The number of benzene rings is 1. The summed E-state index contributed by atoms with van der Waals surface area (Å²) in [4.78, 5) is 18.2. The van der Waals surface area contributed by atoms with Crippen molar-refractivity contribution in [3.63, 3.8) is 0 Å². The van der Waals surface area contributed by atoms with E-state index in [4.69, 9.17) is 4.74 Å². The third-order valence-electron chi connectivity index (χ3n) is 4.65. The third kappa shape index (κ3) is 5.79. The Labute approximate surface area is 156 Å². The number of ether oxygens (including phenoxy) is 1. The van der Waals surface area contributed by atoms with Gasteiger partial charge in [-0.15, -0.1) is 0 Å². The number of piperidine rings is 1. The highest BCUT2D eigenvalue weighted by Gasteiger charge is 2.23. The summed E-state index contributed by atoms with van der Waals surface area (Å²) in [7, 11) is 3.50. The summed E-state index contributed by atoms with van der Waals surface area (Å²) < 4.78 is 5.71. The number of nitrogens with zero attached hydrogens (tertiary/aromatic N) is 2. The lowest BCUT2D eigenvalue weighted by Crippen LogP contribution is -2.45. The van der Waals surface area contributed by atoms with Crippen molar-refractivity contribution in [3.8, 4) is 5.75 Å². The van der Waals surface area contributed by atoms with E-state index in [-0.39, 0.29) is 5.91 Å². The molecule has 2 N–H and O–H groups in total. The van der Waals surface area contributed by atoms with E-state index in [1.165, 1.54) is 0 Å². The minimum Gasteiger partial charge on any atom is -0.489 e. The zero-order valence-corrected chi connectivity index (χ0v) is 15.8. The molecule has 0 aliphatic carbocycles. The molecule has 0 spiro atoms. The van der Waals surface area contributed by atoms with Crippen LogP contribution in [0.15, 0.2) is 41.9 Å². The van der Waals surface area contributed by atoms with Gasteiger partial charge in [-0.05, 0) is 24.8 Å². The highest BCUT2D eigenvalue weighted by atomic mass is 16.5. The first-order chi connectivity index (χ1) is 12.7. The Hall–Kier alpha value is -2.50. The molecular weight excluding hydrogens is 328 g/mol. The molecule has 1 aromatic carbocycles. The van der Waals surface area contributed by atoms with Crippen LogP contribution in [0.2, 0.25) is 0 Å². The molecule has 1 saturated heterocycles. The number of carbonyl (C=O) groups excluding carboxylic acids is 1. The molecule has 0 atom stereocenters. The molecule has 0 radical (unpaired) electrons. The largest absolute Gasteiger partial charge is 0.489 e. The fourth-order valence-corrected chi connectivity index (χ4v) is 3.16. The highest BCUT2D eigenvalue weighted by molar-refractivity contribution is 5.80. The van der Waals surface area contributed by atoms with E-state index in [9.17, 15) is 4.79 Å². The first-order valence-corrected chi connectivity index (χ1v) is 9.15. The van der Waals surface area contributed by atoms with Crippen LogP contribution >= 0.6 is 0 Å². The predicted octanol–water partition coefficient (Wildman–Crippen LogP) is 2.17. The quantitative estimate of drug-likeness (QED) is 0.445. The number of nitrogens with one attached hydrogen (secondary N) is 2. The Bertz CT molecular complexity index is 622. The summed E-state index contributed by atoms with van der Waals surface area (Å²) in [5.74, 6) is 2.33. The maximum Gasteiger partial charge on any atom is 0.220 e. The molecule has 0 aromatic heterocycles. The summed E-state index contributed by atoms with van der Waals surface area (Å²) in [6.45, 7) is 6.66. The number of aliphatic imine (C=N–C) groups is 1. The minimum atomic E-state index is 0.127. The molecule has 1 aromatic rings. The smallest absolute Gasteiger partial charge is 0.220 e. The van der Waals surface area contributed by atoms with Crippen LogP contribution in [0.4, 0.5) is 0 Å². The number of para-hydroxylation sites is 1. The lowest BCUT2D eigenvalue weighted by atomic mass is 9.93. The molecule has 26 heavy (non-hydrogen) atoms. The second kappa shape index (κ2) is 10.5. The van der Waals surface area contributed by atoms with Crippen molar-refractivity contribution in [2.75, 3.05) is 33.8 Å². The minimum absolute atomic E-state index is 0.127. The standard InChI is InChI=1S/C20H30N4O2/c1-4-13-26-18-8-6-5-7-17(18)15-23-20(22-3)24-11-9-16(10-12-24)14-19(25)21-2/h4-8,16H,1,9-15H2,2-3H3,(H,21,25)(H,22,23). The van der Waals surface area contributed by atoms with Gasteiger partial charge in [0.1, 0.15) is 12.4 Å². The molecule has 1 heterocycles. The van der Waals surface area contributed by atoms with Gasteiger partial charge >= 0.3 is 0 Å². The first-order valence-electron chi connectivity index (χ1n) is 9.15. The van der Waals surface area contributed by atoms with Crippen molar-refractivity contribution in [1.82, 2.24) is 15.5 Å². The number of amides is 1. The zero-order chi connectivity index (χ0) is 18.8. The van der Waals surface area contributed by atoms with E-state index < -0.39 is 0 Å². The average Bonchev–Trinajstić information content (AvgIpc) is 2.68. The molecule has 1 fully saturated rings. The summed E-state index contributed by atoms with van der Waals surface area (Å²) in [5, 5.41) is 6.14. The van der Waals surface area contributed by atoms with Gasteiger partial charge in [0, 0.05) is 45.7 Å². The summed E-state index contributed by atoms with van der Waals surface area (Å²) in [5.41, 5.74) is 1.09. The molecule has 0 bridgehead atoms. The third-order valence-corrected chi connectivity index (χ3v) is 4.65.